The van der Waals surface area contributed by atoms with E-state index in [4.69, 9.17) is 16.3 Å². The molecule has 108 valence electrons. The second-order valence-corrected chi connectivity index (χ2v) is 5.47. The third kappa shape index (κ3) is 3.71. The minimum absolute atomic E-state index is 0.635. The van der Waals surface area contributed by atoms with Crippen LogP contribution in [0.15, 0.2) is 0 Å². The molecular formula is C14H24ClN3O. The molecule has 1 aromatic heterocycles. The van der Waals surface area contributed by atoms with Crippen molar-refractivity contribution in [1.29, 1.82) is 0 Å². The van der Waals surface area contributed by atoms with E-state index in [0.29, 0.717) is 5.92 Å². The molecule has 1 aromatic rings. The summed E-state index contributed by atoms with van der Waals surface area (Å²) in [4.78, 5) is 0. The average molecular weight is 286 g/mol. The predicted octanol–water partition coefficient (Wildman–Crippen LogP) is 2.64. The van der Waals surface area contributed by atoms with Gasteiger partial charge in [0.1, 0.15) is 0 Å². The van der Waals surface area contributed by atoms with Crippen molar-refractivity contribution >= 4 is 11.6 Å². The molecule has 5 heteroatoms. The van der Waals surface area contributed by atoms with E-state index < -0.39 is 0 Å². The summed E-state index contributed by atoms with van der Waals surface area (Å²) in [7, 11) is 0. The van der Waals surface area contributed by atoms with Crippen LogP contribution in [0.25, 0.3) is 0 Å². The number of nitrogens with one attached hydrogen (secondary N) is 1. The molecule has 1 aliphatic rings. The molecule has 4 nitrogen and oxygen atoms in total. The third-order valence-corrected chi connectivity index (χ3v) is 4.11. The van der Waals surface area contributed by atoms with E-state index in [-0.39, 0.29) is 0 Å². The number of halogens is 1. The first-order valence-corrected chi connectivity index (χ1v) is 7.66. The van der Waals surface area contributed by atoms with Gasteiger partial charge in [0.25, 0.3) is 0 Å². The van der Waals surface area contributed by atoms with Crippen LogP contribution in [0.3, 0.4) is 0 Å². The lowest BCUT2D eigenvalue weighted by atomic mass is 10.0. The standard InChI is InChI=1S/C14H24ClN3O/c1-3-12-14(15)13(18(4-2)17-12)9-16-8-11-6-5-7-19-10-11/h11,16H,3-10H2,1-2H3. The van der Waals surface area contributed by atoms with Gasteiger partial charge in [-0.25, -0.2) is 0 Å². The summed E-state index contributed by atoms with van der Waals surface area (Å²) in [6.07, 6.45) is 3.32. The van der Waals surface area contributed by atoms with Crippen LogP contribution in [0, 0.1) is 5.92 Å². The van der Waals surface area contributed by atoms with Crippen LogP contribution in [0.2, 0.25) is 5.02 Å². The molecule has 1 aliphatic heterocycles. The van der Waals surface area contributed by atoms with Crippen LogP contribution in [0.1, 0.15) is 38.1 Å². The van der Waals surface area contributed by atoms with Gasteiger partial charge < -0.3 is 10.1 Å². The van der Waals surface area contributed by atoms with Gasteiger partial charge in [0, 0.05) is 26.2 Å². The monoisotopic (exact) mass is 285 g/mol. The van der Waals surface area contributed by atoms with Gasteiger partial charge in [-0.1, -0.05) is 18.5 Å². The highest BCUT2D eigenvalue weighted by Crippen LogP contribution is 2.21. The second-order valence-electron chi connectivity index (χ2n) is 5.09. The number of hydrogen-bond donors (Lipinski definition) is 1. The van der Waals surface area contributed by atoms with Gasteiger partial charge in [0.15, 0.2) is 0 Å². The molecule has 0 spiro atoms. The topological polar surface area (TPSA) is 39.1 Å². The summed E-state index contributed by atoms with van der Waals surface area (Å²) < 4.78 is 7.50. The summed E-state index contributed by atoms with van der Waals surface area (Å²) in [6, 6.07) is 0. The highest BCUT2D eigenvalue weighted by molar-refractivity contribution is 6.31. The Morgan fingerprint density at radius 3 is 2.95 bits per heavy atom. The summed E-state index contributed by atoms with van der Waals surface area (Å²) in [5.41, 5.74) is 2.11. The average Bonchev–Trinajstić information content (AvgIpc) is 2.76. The Balaban J connectivity index is 1.89. The molecule has 19 heavy (non-hydrogen) atoms. The Kier molecular flexibility index (Phi) is 5.67. The van der Waals surface area contributed by atoms with Crippen molar-refractivity contribution < 1.29 is 4.74 Å². The van der Waals surface area contributed by atoms with Gasteiger partial charge in [-0.3, -0.25) is 4.68 Å². The maximum atomic E-state index is 6.38. The SMILES string of the molecule is CCc1nn(CC)c(CNCC2CCCOC2)c1Cl. The fourth-order valence-corrected chi connectivity index (χ4v) is 2.89. The zero-order chi connectivity index (χ0) is 13.7. The molecule has 1 N–H and O–H groups in total. The van der Waals surface area contributed by atoms with Crippen molar-refractivity contribution in [3.8, 4) is 0 Å². The number of aryl methyl sites for hydroxylation is 2. The van der Waals surface area contributed by atoms with Crippen molar-refractivity contribution in [2.24, 2.45) is 5.92 Å². The van der Waals surface area contributed by atoms with Crippen LogP contribution in [-0.2, 0) is 24.2 Å². The number of aromatic nitrogens is 2. The molecule has 0 aromatic carbocycles. The number of rotatable bonds is 6. The highest BCUT2D eigenvalue weighted by atomic mass is 35.5. The van der Waals surface area contributed by atoms with Crippen LogP contribution in [-0.4, -0.2) is 29.5 Å². The molecule has 1 fully saturated rings. The van der Waals surface area contributed by atoms with Gasteiger partial charge in [0.05, 0.1) is 23.0 Å². The minimum atomic E-state index is 0.635. The largest absolute Gasteiger partial charge is 0.381 e. The molecule has 0 saturated carbocycles. The number of ether oxygens (including phenoxy) is 1. The number of nitrogens with zero attached hydrogens (tertiary/aromatic N) is 2. The van der Waals surface area contributed by atoms with Gasteiger partial charge in [-0.15, -0.1) is 0 Å². The summed E-state index contributed by atoms with van der Waals surface area (Å²) >= 11 is 6.38. The minimum Gasteiger partial charge on any atom is -0.381 e. The summed E-state index contributed by atoms with van der Waals surface area (Å²) in [6.45, 7) is 8.64. The molecule has 2 heterocycles. The summed E-state index contributed by atoms with van der Waals surface area (Å²) in [5.74, 6) is 0.635. The predicted molar refractivity (Wildman–Crippen MR) is 77.5 cm³/mol. The zero-order valence-corrected chi connectivity index (χ0v) is 12.7. The molecule has 1 saturated heterocycles. The molecule has 1 atom stereocenters. The number of hydrogen-bond acceptors (Lipinski definition) is 3. The van der Waals surface area contributed by atoms with Gasteiger partial charge in [-0.2, -0.15) is 5.10 Å². The third-order valence-electron chi connectivity index (χ3n) is 3.67. The van der Waals surface area contributed by atoms with Crippen molar-refractivity contribution in [2.75, 3.05) is 19.8 Å². The van der Waals surface area contributed by atoms with Gasteiger partial charge in [0.2, 0.25) is 0 Å². The van der Waals surface area contributed by atoms with Gasteiger partial charge in [-0.05, 0) is 32.1 Å². The smallest absolute Gasteiger partial charge is 0.0863 e. The Bertz CT molecular complexity index is 400. The van der Waals surface area contributed by atoms with Crippen molar-refractivity contribution in [3.05, 3.63) is 16.4 Å². The van der Waals surface area contributed by atoms with Crippen molar-refractivity contribution in [1.82, 2.24) is 15.1 Å². The second kappa shape index (κ2) is 7.27. The first kappa shape index (κ1) is 14.8. The normalized spacial score (nSPS) is 19.8. The van der Waals surface area contributed by atoms with E-state index in [9.17, 15) is 0 Å². The Labute approximate surface area is 120 Å². The first-order valence-electron chi connectivity index (χ1n) is 7.28. The van der Waals surface area contributed by atoms with E-state index in [0.717, 1.165) is 55.7 Å². The van der Waals surface area contributed by atoms with Gasteiger partial charge >= 0.3 is 0 Å². The molecule has 0 bridgehead atoms. The fraction of sp³-hybridized carbons (Fsp3) is 0.786. The molecule has 0 aliphatic carbocycles. The lowest BCUT2D eigenvalue weighted by molar-refractivity contribution is 0.0547. The van der Waals surface area contributed by atoms with Crippen LogP contribution >= 0.6 is 11.6 Å². The van der Waals surface area contributed by atoms with E-state index in [1.807, 2.05) is 4.68 Å². The van der Waals surface area contributed by atoms with Crippen molar-refractivity contribution in [2.45, 2.75) is 46.2 Å². The maximum absolute atomic E-state index is 6.38. The Morgan fingerprint density at radius 2 is 2.32 bits per heavy atom. The Morgan fingerprint density at radius 1 is 1.47 bits per heavy atom. The molecule has 1 unspecified atom stereocenters. The lowest BCUT2D eigenvalue weighted by Crippen LogP contribution is -2.29. The van der Waals surface area contributed by atoms with E-state index in [1.165, 1.54) is 12.8 Å². The van der Waals surface area contributed by atoms with E-state index in [1.54, 1.807) is 0 Å². The Hall–Kier alpha value is -0.580. The molecule has 2 rings (SSSR count). The first-order chi connectivity index (χ1) is 9.26. The fourth-order valence-electron chi connectivity index (χ4n) is 2.55. The van der Waals surface area contributed by atoms with E-state index >= 15 is 0 Å². The molecule has 0 radical (unpaired) electrons. The molecular weight excluding hydrogens is 262 g/mol. The quantitative estimate of drug-likeness (QED) is 0.873. The maximum Gasteiger partial charge on any atom is 0.0863 e. The lowest BCUT2D eigenvalue weighted by Gasteiger charge is -2.22. The zero-order valence-electron chi connectivity index (χ0n) is 11.9. The van der Waals surface area contributed by atoms with Crippen LogP contribution < -0.4 is 5.32 Å². The molecule has 0 amide bonds. The summed E-state index contributed by atoms with van der Waals surface area (Å²) in [5, 5.41) is 8.86. The van der Waals surface area contributed by atoms with Crippen molar-refractivity contribution in [3.63, 3.8) is 0 Å². The van der Waals surface area contributed by atoms with Crippen LogP contribution in [0.5, 0.6) is 0 Å². The van der Waals surface area contributed by atoms with E-state index in [2.05, 4.69) is 24.3 Å². The highest BCUT2D eigenvalue weighted by Gasteiger charge is 2.16. The van der Waals surface area contributed by atoms with Crippen LogP contribution in [0.4, 0.5) is 0 Å².